The second kappa shape index (κ2) is 4.62. The van der Waals surface area contributed by atoms with E-state index in [0.717, 1.165) is 5.92 Å². The summed E-state index contributed by atoms with van der Waals surface area (Å²) in [6.07, 6.45) is 0. The summed E-state index contributed by atoms with van der Waals surface area (Å²) in [5, 5.41) is 0.512. The van der Waals surface area contributed by atoms with Crippen molar-refractivity contribution in [2.24, 2.45) is 11.8 Å². The molecule has 0 rings (SSSR count). The van der Waals surface area contributed by atoms with E-state index >= 15 is 0 Å². The minimum absolute atomic E-state index is 0.512. The third kappa shape index (κ3) is 3.25. The topological polar surface area (TPSA) is 0 Å². The lowest BCUT2D eigenvalue weighted by atomic mass is 9.91. The summed E-state index contributed by atoms with van der Waals surface area (Å²) in [5.74, 6) is 1.45. The SMILES string of the molecule is CC(P)C(C)C(C)C(C)S. The van der Waals surface area contributed by atoms with Gasteiger partial charge in [-0.25, -0.2) is 0 Å². The monoisotopic (exact) mass is 178 g/mol. The summed E-state index contributed by atoms with van der Waals surface area (Å²) in [4.78, 5) is 0. The molecule has 0 bridgehead atoms. The van der Waals surface area contributed by atoms with Crippen LogP contribution < -0.4 is 0 Å². The quantitative estimate of drug-likeness (QED) is 0.498. The van der Waals surface area contributed by atoms with Crippen LogP contribution in [0.5, 0.6) is 0 Å². The molecular formula is C8H19PS. The van der Waals surface area contributed by atoms with E-state index in [2.05, 4.69) is 49.6 Å². The van der Waals surface area contributed by atoms with Gasteiger partial charge in [0.25, 0.3) is 0 Å². The molecular weight excluding hydrogens is 159 g/mol. The summed E-state index contributed by atoms with van der Waals surface area (Å²) >= 11 is 4.42. The molecule has 0 N–H and O–H groups in total. The highest BCUT2D eigenvalue weighted by Crippen LogP contribution is 2.25. The van der Waals surface area contributed by atoms with E-state index in [1.165, 1.54) is 0 Å². The Bertz CT molecular complexity index is 79.3. The largest absolute Gasteiger partial charge is 0.176 e. The van der Waals surface area contributed by atoms with Gasteiger partial charge in [0.1, 0.15) is 0 Å². The van der Waals surface area contributed by atoms with Crippen LogP contribution in [-0.2, 0) is 0 Å². The van der Waals surface area contributed by atoms with E-state index in [1.807, 2.05) is 0 Å². The predicted octanol–water partition coefficient (Wildman–Crippen LogP) is 2.84. The smallest absolute Gasteiger partial charge is 0.00168 e. The Balaban J connectivity index is 3.81. The number of hydrogen-bond acceptors (Lipinski definition) is 1. The Morgan fingerprint density at radius 1 is 1.00 bits per heavy atom. The van der Waals surface area contributed by atoms with E-state index in [0.29, 0.717) is 16.8 Å². The highest BCUT2D eigenvalue weighted by molar-refractivity contribution is 7.80. The molecule has 10 heavy (non-hydrogen) atoms. The molecule has 0 aromatic heterocycles. The average molecular weight is 178 g/mol. The fraction of sp³-hybridized carbons (Fsp3) is 1.00. The second-order valence-corrected chi connectivity index (χ2v) is 5.18. The van der Waals surface area contributed by atoms with E-state index in [9.17, 15) is 0 Å². The van der Waals surface area contributed by atoms with Gasteiger partial charge in [0, 0.05) is 5.25 Å². The maximum absolute atomic E-state index is 4.42. The van der Waals surface area contributed by atoms with E-state index in [4.69, 9.17) is 0 Å². The van der Waals surface area contributed by atoms with Crippen LogP contribution in [0.15, 0.2) is 0 Å². The van der Waals surface area contributed by atoms with Crippen LogP contribution in [0.2, 0.25) is 0 Å². The van der Waals surface area contributed by atoms with Crippen LogP contribution in [0.25, 0.3) is 0 Å². The zero-order chi connectivity index (χ0) is 8.31. The highest BCUT2D eigenvalue weighted by Gasteiger charge is 2.18. The number of thiol groups is 1. The molecule has 0 nitrogen and oxygen atoms in total. The van der Waals surface area contributed by atoms with Crippen LogP contribution >= 0.6 is 21.9 Å². The van der Waals surface area contributed by atoms with Crippen molar-refractivity contribution < 1.29 is 0 Å². The first-order valence-corrected chi connectivity index (χ1v) is 5.08. The molecule has 5 unspecified atom stereocenters. The molecule has 0 amide bonds. The van der Waals surface area contributed by atoms with Gasteiger partial charge in [-0.05, 0) is 17.5 Å². The molecule has 0 aromatic rings. The van der Waals surface area contributed by atoms with Gasteiger partial charge in [-0.15, -0.1) is 9.24 Å². The van der Waals surface area contributed by atoms with Crippen molar-refractivity contribution in [1.82, 2.24) is 0 Å². The molecule has 2 heteroatoms. The first-order chi connectivity index (χ1) is 4.46. The molecule has 0 saturated carbocycles. The first kappa shape index (κ1) is 10.8. The molecule has 0 aliphatic carbocycles. The minimum Gasteiger partial charge on any atom is -0.176 e. The maximum atomic E-state index is 4.42. The normalized spacial score (nSPS) is 23.4. The molecule has 0 heterocycles. The van der Waals surface area contributed by atoms with E-state index < -0.39 is 0 Å². The van der Waals surface area contributed by atoms with Gasteiger partial charge >= 0.3 is 0 Å². The highest BCUT2D eigenvalue weighted by atomic mass is 32.1. The Labute approximate surface area is 72.8 Å². The second-order valence-electron chi connectivity index (χ2n) is 3.32. The molecule has 0 spiro atoms. The Morgan fingerprint density at radius 3 is 1.50 bits per heavy atom. The first-order valence-electron chi connectivity index (χ1n) is 3.90. The Kier molecular flexibility index (Phi) is 4.98. The lowest BCUT2D eigenvalue weighted by molar-refractivity contribution is 0.384. The number of hydrogen-bond donors (Lipinski definition) is 1. The van der Waals surface area contributed by atoms with Crippen LogP contribution in [0.3, 0.4) is 0 Å². The molecule has 0 saturated heterocycles. The summed E-state index contributed by atoms with van der Waals surface area (Å²) in [5.41, 5.74) is 0.699. The van der Waals surface area contributed by atoms with Crippen molar-refractivity contribution in [3.8, 4) is 0 Å². The van der Waals surface area contributed by atoms with Gasteiger partial charge in [-0.3, -0.25) is 0 Å². The standard InChI is InChI=1S/C8H19PS/c1-5(7(3)9)6(2)8(4)10/h5-8,10H,9H2,1-4H3. The molecule has 0 radical (unpaired) electrons. The van der Waals surface area contributed by atoms with Gasteiger partial charge in [-0.1, -0.05) is 27.7 Å². The van der Waals surface area contributed by atoms with E-state index in [-0.39, 0.29) is 0 Å². The third-order valence-electron chi connectivity index (χ3n) is 2.42. The van der Waals surface area contributed by atoms with Crippen LogP contribution in [0.4, 0.5) is 0 Å². The van der Waals surface area contributed by atoms with Crippen molar-refractivity contribution in [2.75, 3.05) is 0 Å². The van der Waals surface area contributed by atoms with Gasteiger partial charge in [-0.2, -0.15) is 12.6 Å². The Morgan fingerprint density at radius 2 is 1.40 bits per heavy atom. The molecule has 0 aromatic carbocycles. The zero-order valence-electron chi connectivity index (χ0n) is 7.33. The molecule has 62 valence electrons. The van der Waals surface area contributed by atoms with Crippen LogP contribution in [-0.4, -0.2) is 10.9 Å². The predicted molar refractivity (Wildman–Crippen MR) is 55.9 cm³/mol. The summed E-state index contributed by atoms with van der Waals surface area (Å²) in [7, 11) is 2.85. The van der Waals surface area contributed by atoms with Crippen LogP contribution in [0.1, 0.15) is 27.7 Å². The van der Waals surface area contributed by atoms with Gasteiger partial charge < -0.3 is 0 Å². The lowest BCUT2D eigenvalue weighted by Crippen LogP contribution is -2.22. The molecule has 0 aliphatic rings. The van der Waals surface area contributed by atoms with Crippen LogP contribution in [0, 0.1) is 11.8 Å². The fourth-order valence-corrected chi connectivity index (χ4v) is 1.54. The zero-order valence-corrected chi connectivity index (χ0v) is 9.38. The lowest BCUT2D eigenvalue weighted by Gasteiger charge is -2.25. The van der Waals surface area contributed by atoms with Gasteiger partial charge in [0.05, 0.1) is 0 Å². The maximum Gasteiger partial charge on any atom is 0.00168 e. The molecule has 5 atom stereocenters. The van der Waals surface area contributed by atoms with Crippen molar-refractivity contribution in [3.05, 3.63) is 0 Å². The summed E-state index contributed by atoms with van der Waals surface area (Å²) in [6, 6.07) is 0. The fourth-order valence-electron chi connectivity index (χ4n) is 0.918. The van der Waals surface area contributed by atoms with Crippen molar-refractivity contribution in [3.63, 3.8) is 0 Å². The minimum atomic E-state index is 0.512. The van der Waals surface area contributed by atoms with Gasteiger partial charge in [0.2, 0.25) is 0 Å². The van der Waals surface area contributed by atoms with E-state index in [1.54, 1.807) is 0 Å². The third-order valence-corrected chi connectivity index (χ3v) is 3.50. The van der Waals surface area contributed by atoms with Crippen molar-refractivity contribution >= 4 is 21.9 Å². The summed E-state index contributed by atoms with van der Waals surface area (Å²) < 4.78 is 0. The molecule has 0 aliphatic heterocycles. The summed E-state index contributed by atoms with van der Waals surface area (Å²) in [6.45, 7) is 8.96. The Hall–Kier alpha value is 0.780. The average Bonchev–Trinajstić information content (AvgIpc) is 1.84. The number of rotatable bonds is 3. The van der Waals surface area contributed by atoms with Crippen molar-refractivity contribution in [2.45, 2.75) is 38.6 Å². The van der Waals surface area contributed by atoms with Gasteiger partial charge in [0.15, 0.2) is 0 Å². The molecule has 0 fully saturated rings. The van der Waals surface area contributed by atoms with Crippen molar-refractivity contribution in [1.29, 1.82) is 0 Å².